The summed E-state index contributed by atoms with van der Waals surface area (Å²) in [4.78, 5) is 13.7. The molecule has 0 aromatic rings. The summed E-state index contributed by atoms with van der Waals surface area (Å²) >= 11 is 0. The van der Waals surface area contributed by atoms with Crippen molar-refractivity contribution >= 4 is 5.78 Å². The minimum Gasteiger partial charge on any atom is -0.298 e. The maximum Gasteiger partial charge on any atom is 0.152 e. The van der Waals surface area contributed by atoms with Crippen molar-refractivity contribution < 1.29 is 4.79 Å². The highest BCUT2D eigenvalue weighted by Crippen LogP contribution is 2.18. The molecule has 0 aromatic carbocycles. The number of likely N-dealkylation sites (tertiary alicyclic amines) is 1. The smallest absolute Gasteiger partial charge is 0.152 e. The molecule has 0 amide bonds. The van der Waals surface area contributed by atoms with Gasteiger partial charge in [-0.1, -0.05) is 13.8 Å². The first kappa shape index (κ1) is 8.72. The standard InChI is InChI=1S/C9H17NO/c1-7(2)9(11)8-5-4-6-10(8)3/h7-8H,4-6H2,1-3H3/t8-/m0/s1. The number of hydrogen-bond donors (Lipinski definition) is 0. The molecule has 1 fully saturated rings. The van der Waals surface area contributed by atoms with Gasteiger partial charge >= 0.3 is 0 Å². The van der Waals surface area contributed by atoms with Crippen molar-refractivity contribution in [3.63, 3.8) is 0 Å². The van der Waals surface area contributed by atoms with Crippen molar-refractivity contribution in [2.45, 2.75) is 32.7 Å². The minimum absolute atomic E-state index is 0.195. The van der Waals surface area contributed by atoms with E-state index in [0.29, 0.717) is 5.78 Å². The number of hydrogen-bond acceptors (Lipinski definition) is 2. The quantitative estimate of drug-likeness (QED) is 0.599. The number of carbonyl (C=O) groups is 1. The summed E-state index contributed by atoms with van der Waals surface area (Å²) in [6.45, 7) is 5.05. The van der Waals surface area contributed by atoms with Crippen molar-refractivity contribution in [1.82, 2.24) is 4.90 Å². The summed E-state index contributed by atoms with van der Waals surface area (Å²) in [5, 5.41) is 0. The van der Waals surface area contributed by atoms with E-state index < -0.39 is 0 Å². The molecule has 1 atom stereocenters. The second-order valence-electron chi connectivity index (χ2n) is 3.70. The van der Waals surface area contributed by atoms with Crippen LogP contribution < -0.4 is 0 Å². The molecule has 11 heavy (non-hydrogen) atoms. The van der Waals surface area contributed by atoms with Gasteiger partial charge in [-0.25, -0.2) is 0 Å². The van der Waals surface area contributed by atoms with Crippen molar-refractivity contribution in [3.05, 3.63) is 0 Å². The number of nitrogens with zero attached hydrogens (tertiary/aromatic N) is 1. The molecule has 0 bridgehead atoms. The Morgan fingerprint density at radius 3 is 2.55 bits per heavy atom. The molecule has 1 aliphatic rings. The monoisotopic (exact) mass is 155 g/mol. The van der Waals surface area contributed by atoms with Crippen LogP contribution in [0.1, 0.15) is 26.7 Å². The van der Waals surface area contributed by atoms with Crippen LogP contribution in [-0.4, -0.2) is 30.3 Å². The summed E-state index contributed by atoms with van der Waals surface area (Å²) in [6.07, 6.45) is 2.24. The van der Waals surface area contributed by atoms with Crippen LogP contribution in [0, 0.1) is 5.92 Å². The Balaban J connectivity index is 2.53. The second-order valence-corrected chi connectivity index (χ2v) is 3.70. The molecule has 0 spiro atoms. The zero-order chi connectivity index (χ0) is 8.43. The fourth-order valence-corrected chi connectivity index (χ4v) is 1.65. The van der Waals surface area contributed by atoms with E-state index in [0.717, 1.165) is 13.0 Å². The third-order valence-corrected chi connectivity index (χ3v) is 2.42. The molecular weight excluding hydrogens is 138 g/mol. The van der Waals surface area contributed by atoms with E-state index in [1.807, 2.05) is 20.9 Å². The van der Waals surface area contributed by atoms with Gasteiger partial charge in [-0.3, -0.25) is 9.69 Å². The zero-order valence-electron chi connectivity index (χ0n) is 7.63. The summed E-state index contributed by atoms with van der Waals surface area (Å²) in [6, 6.07) is 0.218. The Kier molecular flexibility index (Phi) is 2.66. The molecule has 0 aromatic heterocycles. The molecule has 2 nitrogen and oxygen atoms in total. The highest BCUT2D eigenvalue weighted by Gasteiger charge is 2.28. The second kappa shape index (κ2) is 3.35. The Hall–Kier alpha value is -0.370. The highest BCUT2D eigenvalue weighted by molar-refractivity contribution is 5.85. The predicted molar refractivity (Wildman–Crippen MR) is 45.5 cm³/mol. The SMILES string of the molecule is CC(C)C(=O)[C@@H]1CCCN1C. The lowest BCUT2D eigenvalue weighted by Gasteiger charge is -2.19. The summed E-state index contributed by atoms with van der Waals surface area (Å²) < 4.78 is 0. The minimum atomic E-state index is 0.195. The molecule has 1 rings (SSSR count). The van der Waals surface area contributed by atoms with Gasteiger partial charge in [0, 0.05) is 5.92 Å². The van der Waals surface area contributed by atoms with Gasteiger partial charge < -0.3 is 0 Å². The van der Waals surface area contributed by atoms with Crippen LogP contribution in [0.25, 0.3) is 0 Å². The molecule has 0 aliphatic carbocycles. The van der Waals surface area contributed by atoms with Gasteiger partial charge in [0.1, 0.15) is 0 Å². The first-order valence-electron chi connectivity index (χ1n) is 4.37. The molecule has 1 heterocycles. The molecule has 0 N–H and O–H groups in total. The lowest BCUT2D eigenvalue weighted by molar-refractivity contribution is -0.125. The molecule has 0 unspecified atom stereocenters. The molecule has 2 heteroatoms. The van der Waals surface area contributed by atoms with Crippen molar-refractivity contribution in [3.8, 4) is 0 Å². The van der Waals surface area contributed by atoms with Gasteiger partial charge in [0.2, 0.25) is 0 Å². The van der Waals surface area contributed by atoms with Crippen LogP contribution >= 0.6 is 0 Å². The summed E-state index contributed by atoms with van der Waals surface area (Å²) in [5.41, 5.74) is 0. The average molecular weight is 155 g/mol. The van der Waals surface area contributed by atoms with E-state index in [9.17, 15) is 4.79 Å². The van der Waals surface area contributed by atoms with Crippen LogP contribution in [0.2, 0.25) is 0 Å². The first-order valence-corrected chi connectivity index (χ1v) is 4.37. The Morgan fingerprint density at radius 1 is 1.55 bits per heavy atom. The van der Waals surface area contributed by atoms with Gasteiger partial charge in [0.15, 0.2) is 5.78 Å². The fourth-order valence-electron chi connectivity index (χ4n) is 1.65. The van der Waals surface area contributed by atoms with Crippen LogP contribution in [-0.2, 0) is 4.79 Å². The van der Waals surface area contributed by atoms with Gasteiger partial charge in [-0.15, -0.1) is 0 Å². The third-order valence-electron chi connectivity index (χ3n) is 2.42. The van der Waals surface area contributed by atoms with Gasteiger partial charge in [0.25, 0.3) is 0 Å². The van der Waals surface area contributed by atoms with Crippen molar-refractivity contribution in [2.24, 2.45) is 5.92 Å². The first-order chi connectivity index (χ1) is 5.13. The molecular formula is C9H17NO. The largest absolute Gasteiger partial charge is 0.298 e. The fraction of sp³-hybridized carbons (Fsp3) is 0.889. The Bertz CT molecular complexity index is 154. The van der Waals surface area contributed by atoms with Crippen molar-refractivity contribution in [2.75, 3.05) is 13.6 Å². The van der Waals surface area contributed by atoms with E-state index in [1.165, 1.54) is 6.42 Å². The van der Waals surface area contributed by atoms with E-state index >= 15 is 0 Å². The molecule has 64 valence electrons. The Morgan fingerprint density at radius 2 is 2.18 bits per heavy atom. The van der Waals surface area contributed by atoms with Crippen LogP contribution in [0.3, 0.4) is 0 Å². The van der Waals surface area contributed by atoms with E-state index in [-0.39, 0.29) is 12.0 Å². The zero-order valence-corrected chi connectivity index (χ0v) is 7.63. The highest BCUT2D eigenvalue weighted by atomic mass is 16.1. The Labute approximate surface area is 68.6 Å². The maximum atomic E-state index is 11.5. The topological polar surface area (TPSA) is 20.3 Å². The van der Waals surface area contributed by atoms with E-state index in [4.69, 9.17) is 0 Å². The lowest BCUT2D eigenvalue weighted by Crippen LogP contribution is -2.35. The predicted octanol–water partition coefficient (Wildman–Crippen LogP) is 1.31. The lowest BCUT2D eigenvalue weighted by atomic mass is 10.0. The average Bonchev–Trinajstić information content (AvgIpc) is 2.33. The molecule has 1 saturated heterocycles. The maximum absolute atomic E-state index is 11.5. The van der Waals surface area contributed by atoms with Crippen LogP contribution in [0.5, 0.6) is 0 Å². The number of rotatable bonds is 2. The molecule has 1 aliphatic heterocycles. The molecule has 0 radical (unpaired) electrons. The van der Waals surface area contributed by atoms with Gasteiger partial charge in [-0.2, -0.15) is 0 Å². The van der Waals surface area contributed by atoms with E-state index in [1.54, 1.807) is 0 Å². The summed E-state index contributed by atoms with van der Waals surface area (Å²) in [5.74, 6) is 0.602. The van der Waals surface area contributed by atoms with Gasteiger partial charge in [0.05, 0.1) is 6.04 Å². The normalized spacial score (nSPS) is 26.4. The van der Waals surface area contributed by atoms with Crippen LogP contribution in [0.4, 0.5) is 0 Å². The number of likely N-dealkylation sites (N-methyl/N-ethyl adjacent to an activating group) is 1. The van der Waals surface area contributed by atoms with E-state index in [2.05, 4.69) is 4.90 Å². The van der Waals surface area contributed by atoms with Crippen molar-refractivity contribution in [1.29, 1.82) is 0 Å². The van der Waals surface area contributed by atoms with Crippen LogP contribution in [0.15, 0.2) is 0 Å². The summed E-state index contributed by atoms with van der Waals surface area (Å²) in [7, 11) is 2.04. The number of carbonyl (C=O) groups excluding carboxylic acids is 1. The molecule has 0 saturated carbocycles. The number of Topliss-reactive ketones (excluding diaryl/α,β-unsaturated/α-hetero) is 1. The number of ketones is 1. The van der Waals surface area contributed by atoms with Gasteiger partial charge in [-0.05, 0) is 26.4 Å². The third kappa shape index (κ3) is 1.80.